The molecule has 28 heavy (non-hydrogen) atoms. The standard InChI is InChI=1S/C22H24N4O2/c27-22-17-25(12-13-26(22)20-4-2-1-3-5-20)16-19-6-8-21(9-7-19)28-15-14-24-11-10-23-18-24/h1-11,18H,12-17H2. The van der Waals surface area contributed by atoms with E-state index >= 15 is 0 Å². The summed E-state index contributed by atoms with van der Waals surface area (Å²) in [6.45, 7) is 4.17. The van der Waals surface area contributed by atoms with Gasteiger partial charge in [0.15, 0.2) is 0 Å². The number of nitrogens with zero attached hydrogens (tertiary/aromatic N) is 4. The van der Waals surface area contributed by atoms with E-state index in [2.05, 4.69) is 22.0 Å². The number of carbonyl (C=O) groups excluding carboxylic acids is 1. The molecule has 1 fully saturated rings. The average molecular weight is 376 g/mol. The van der Waals surface area contributed by atoms with Crippen molar-refractivity contribution >= 4 is 11.6 Å². The van der Waals surface area contributed by atoms with E-state index in [9.17, 15) is 4.79 Å². The predicted molar refractivity (Wildman–Crippen MR) is 108 cm³/mol. The minimum atomic E-state index is 0.150. The van der Waals surface area contributed by atoms with Gasteiger partial charge in [-0.15, -0.1) is 0 Å². The van der Waals surface area contributed by atoms with E-state index in [0.29, 0.717) is 13.2 Å². The van der Waals surface area contributed by atoms with E-state index in [1.54, 1.807) is 12.5 Å². The second-order valence-corrected chi connectivity index (χ2v) is 6.88. The maximum Gasteiger partial charge on any atom is 0.241 e. The molecule has 0 radical (unpaired) electrons. The van der Waals surface area contributed by atoms with E-state index in [1.165, 1.54) is 5.56 Å². The molecule has 6 heteroatoms. The second kappa shape index (κ2) is 8.71. The zero-order valence-corrected chi connectivity index (χ0v) is 15.8. The number of hydrogen-bond acceptors (Lipinski definition) is 4. The number of piperazine rings is 1. The van der Waals surface area contributed by atoms with Crippen LogP contribution in [0.4, 0.5) is 5.69 Å². The van der Waals surface area contributed by atoms with Crippen LogP contribution in [-0.2, 0) is 17.9 Å². The van der Waals surface area contributed by atoms with Crippen molar-refractivity contribution in [3.8, 4) is 5.75 Å². The van der Waals surface area contributed by atoms with Crippen LogP contribution >= 0.6 is 0 Å². The first kappa shape index (κ1) is 18.3. The number of hydrogen-bond donors (Lipinski definition) is 0. The molecule has 1 aliphatic rings. The van der Waals surface area contributed by atoms with Crippen LogP contribution in [0.2, 0.25) is 0 Å². The van der Waals surface area contributed by atoms with Gasteiger partial charge in [-0.2, -0.15) is 0 Å². The Labute approximate surface area is 165 Å². The largest absolute Gasteiger partial charge is 0.492 e. The van der Waals surface area contributed by atoms with Gasteiger partial charge < -0.3 is 14.2 Å². The Morgan fingerprint density at radius 1 is 1.00 bits per heavy atom. The topological polar surface area (TPSA) is 50.6 Å². The van der Waals surface area contributed by atoms with Crippen molar-refractivity contribution in [2.45, 2.75) is 13.1 Å². The zero-order chi connectivity index (χ0) is 19.2. The molecule has 0 N–H and O–H groups in total. The van der Waals surface area contributed by atoms with E-state index in [-0.39, 0.29) is 5.91 Å². The Balaban J connectivity index is 1.26. The lowest BCUT2D eigenvalue weighted by atomic mass is 10.1. The minimum absolute atomic E-state index is 0.150. The van der Waals surface area contributed by atoms with Crippen LogP contribution in [0.15, 0.2) is 73.3 Å². The highest BCUT2D eigenvalue weighted by atomic mass is 16.5. The SMILES string of the molecule is O=C1CN(Cc2ccc(OCCn3ccnc3)cc2)CCN1c1ccccc1. The van der Waals surface area contributed by atoms with Gasteiger partial charge in [0.2, 0.25) is 5.91 Å². The Morgan fingerprint density at radius 2 is 1.82 bits per heavy atom. The van der Waals surface area contributed by atoms with E-state index in [1.807, 2.05) is 58.1 Å². The molecule has 1 saturated heterocycles. The maximum atomic E-state index is 12.5. The summed E-state index contributed by atoms with van der Waals surface area (Å²) in [4.78, 5) is 20.6. The molecule has 0 unspecified atom stereocenters. The lowest BCUT2D eigenvalue weighted by Crippen LogP contribution is -2.50. The van der Waals surface area contributed by atoms with Crippen molar-refractivity contribution in [2.24, 2.45) is 0 Å². The summed E-state index contributed by atoms with van der Waals surface area (Å²) in [7, 11) is 0. The highest BCUT2D eigenvalue weighted by molar-refractivity contribution is 5.95. The first-order valence-corrected chi connectivity index (χ1v) is 9.53. The van der Waals surface area contributed by atoms with Crippen LogP contribution in [0, 0.1) is 0 Å². The van der Waals surface area contributed by atoms with Crippen molar-refractivity contribution < 1.29 is 9.53 Å². The number of carbonyl (C=O) groups is 1. The first-order valence-electron chi connectivity index (χ1n) is 9.53. The molecule has 3 aromatic rings. The van der Waals surface area contributed by atoms with Crippen LogP contribution in [0.3, 0.4) is 0 Å². The Kier molecular flexibility index (Phi) is 5.68. The van der Waals surface area contributed by atoms with Gasteiger partial charge in [-0.1, -0.05) is 30.3 Å². The summed E-state index contributed by atoms with van der Waals surface area (Å²) in [6.07, 6.45) is 5.47. The van der Waals surface area contributed by atoms with E-state index in [4.69, 9.17) is 4.74 Å². The van der Waals surface area contributed by atoms with Gasteiger partial charge in [0, 0.05) is 37.7 Å². The molecule has 4 rings (SSSR count). The average Bonchev–Trinajstić information content (AvgIpc) is 3.24. The van der Waals surface area contributed by atoms with Crippen LogP contribution in [-0.4, -0.2) is 46.6 Å². The Hall–Kier alpha value is -3.12. The molecule has 0 atom stereocenters. The highest BCUT2D eigenvalue weighted by Crippen LogP contribution is 2.19. The molecular formula is C22H24N4O2. The maximum absolute atomic E-state index is 12.5. The molecule has 0 saturated carbocycles. The third-order valence-corrected chi connectivity index (χ3v) is 4.87. The molecule has 0 spiro atoms. The van der Waals surface area contributed by atoms with Gasteiger partial charge in [-0.3, -0.25) is 9.69 Å². The number of rotatable bonds is 7. The van der Waals surface area contributed by atoms with Gasteiger partial charge >= 0.3 is 0 Å². The third kappa shape index (κ3) is 4.58. The van der Waals surface area contributed by atoms with Crippen LogP contribution in [0.1, 0.15) is 5.56 Å². The van der Waals surface area contributed by atoms with Gasteiger partial charge in [-0.25, -0.2) is 4.98 Å². The first-order chi connectivity index (χ1) is 13.8. The predicted octanol–water partition coefficient (Wildman–Crippen LogP) is 2.81. The van der Waals surface area contributed by atoms with Gasteiger partial charge in [0.25, 0.3) is 0 Å². The number of para-hydroxylation sites is 1. The van der Waals surface area contributed by atoms with E-state index in [0.717, 1.165) is 37.6 Å². The molecule has 2 aromatic carbocycles. The van der Waals surface area contributed by atoms with Crippen LogP contribution < -0.4 is 9.64 Å². The van der Waals surface area contributed by atoms with Gasteiger partial charge in [-0.05, 0) is 29.8 Å². The highest BCUT2D eigenvalue weighted by Gasteiger charge is 2.24. The molecule has 0 bridgehead atoms. The molecule has 144 valence electrons. The molecule has 1 aliphatic heterocycles. The Morgan fingerprint density at radius 3 is 2.54 bits per heavy atom. The fraction of sp³-hybridized carbons (Fsp3) is 0.273. The third-order valence-electron chi connectivity index (χ3n) is 4.87. The molecule has 2 heterocycles. The molecule has 6 nitrogen and oxygen atoms in total. The summed E-state index contributed by atoms with van der Waals surface area (Å²) in [5, 5.41) is 0. The van der Waals surface area contributed by atoms with Crippen LogP contribution in [0.5, 0.6) is 5.75 Å². The summed E-state index contributed by atoms with van der Waals surface area (Å²) in [5.41, 5.74) is 2.16. The molecule has 1 aromatic heterocycles. The number of benzene rings is 2. The zero-order valence-electron chi connectivity index (χ0n) is 15.8. The second-order valence-electron chi connectivity index (χ2n) is 6.88. The number of ether oxygens (including phenoxy) is 1. The lowest BCUT2D eigenvalue weighted by Gasteiger charge is -2.34. The van der Waals surface area contributed by atoms with Gasteiger partial charge in [0.1, 0.15) is 12.4 Å². The fourth-order valence-corrected chi connectivity index (χ4v) is 3.38. The normalized spacial score (nSPS) is 15.0. The number of aromatic nitrogens is 2. The number of amides is 1. The fourth-order valence-electron chi connectivity index (χ4n) is 3.38. The number of anilines is 1. The quantitative estimate of drug-likeness (QED) is 0.636. The smallest absolute Gasteiger partial charge is 0.241 e. The summed E-state index contributed by atoms with van der Waals surface area (Å²) >= 11 is 0. The Bertz CT molecular complexity index is 879. The summed E-state index contributed by atoms with van der Waals surface area (Å²) in [5.74, 6) is 1.01. The minimum Gasteiger partial charge on any atom is -0.492 e. The van der Waals surface area contributed by atoms with Crippen molar-refractivity contribution in [1.82, 2.24) is 14.5 Å². The van der Waals surface area contributed by atoms with Crippen molar-refractivity contribution in [3.63, 3.8) is 0 Å². The monoisotopic (exact) mass is 376 g/mol. The number of imidazole rings is 1. The van der Waals surface area contributed by atoms with Crippen molar-refractivity contribution in [2.75, 3.05) is 31.1 Å². The van der Waals surface area contributed by atoms with Crippen LogP contribution in [0.25, 0.3) is 0 Å². The van der Waals surface area contributed by atoms with Crippen molar-refractivity contribution in [3.05, 3.63) is 78.9 Å². The lowest BCUT2D eigenvalue weighted by molar-refractivity contribution is -0.121. The molecule has 0 aliphatic carbocycles. The van der Waals surface area contributed by atoms with Crippen molar-refractivity contribution in [1.29, 1.82) is 0 Å². The molecular weight excluding hydrogens is 352 g/mol. The molecule has 1 amide bonds. The van der Waals surface area contributed by atoms with Gasteiger partial charge in [0.05, 0.1) is 19.4 Å². The summed E-state index contributed by atoms with van der Waals surface area (Å²) < 4.78 is 7.77. The van der Waals surface area contributed by atoms with E-state index < -0.39 is 0 Å². The summed E-state index contributed by atoms with van der Waals surface area (Å²) in [6, 6.07) is 18.0.